The van der Waals surface area contributed by atoms with Crippen molar-refractivity contribution in [3.8, 4) is 0 Å². The average molecular weight is 257 g/mol. The van der Waals surface area contributed by atoms with Crippen LogP contribution >= 0.6 is 0 Å². The Morgan fingerprint density at radius 3 is 2.56 bits per heavy atom. The van der Waals surface area contributed by atoms with E-state index in [1.807, 2.05) is 6.92 Å². The number of carboxylic acid groups (broad SMARTS) is 1. The summed E-state index contributed by atoms with van der Waals surface area (Å²) in [4.78, 5) is 34.9. The van der Waals surface area contributed by atoms with Gasteiger partial charge in [0.15, 0.2) is 0 Å². The van der Waals surface area contributed by atoms with E-state index < -0.39 is 18.4 Å². The lowest BCUT2D eigenvalue weighted by Crippen LogP contribution is -2.49. The summed E-state index contributed by atoms with van der Waals surface area (Å²) in [7, 11) is 0. The summed E-state index contributed by atoms with van der Waals surface area (Å²) in [6.45, 7) is 2.04. The van der Waals surface area contributed by atoms with Crippen LogP contribution in [0.3, 0.4) is 0 Å². The molecule has 1 fully saturated rings. The van der Waals surface area contributed by atoms with Crippen LogP contribution in [0.15, 0.2) is 0 Å². The second kappa shape index (κ2) is 6.83. The Kier molecular flexibility index (Phi) is 5.41. The molecule has 7 nitrogen and oxygen atoms in total. The summed E-state index contributed by atoms with van der Waals surface area (Å²) in [6.07, 6.45) is 3.06. The Bertz CT molecular complexity index is 332. The minimum absolute atomic E-state index is 0.181. The lowest BCUT2D eigenvalue weighted by Gasteiger charge is -2.33. The van der Waals surface area contributed by atoms with Crippen LogP contribution in [0.25, 0.3) is 0 Å². The normalized spacial score (nSPS) is 19.2. The number of amides is 3. The predicted octanol–water partition coefficient (Wildman–Crippen LogP) is -0.229. The maximum absolute atomic E-state index is 11.8. The molecule has 18 heavy (non-hydrogen) atoms. The van der Waals surface area contributed by atoms with Crippen LogP contribution in [0, 0.1) is 0 Å². The van der Waals surface area contributed by atoms with E-state index in [-0.39, 0.29) is 18.6 Å². The summed E-state index contributed by atoms with van der Waals surface area (Å²) in [5.41, 5.74) is 0. The molecule has 1 saturated heterocycles. The third-order valence-corrected chi connectivity index (χ3v) is 2.90. The molecule has 7 heteroatoms. The van der Waals surface area contributed by atoms with Crippen molar-refractivity contribution in [1.82, 2.24) is 15.5 Å². The maximum atomic E-state index is 11.8. The number of hydrogen-bond donors (Lipinski definition) is 3. The first-order valence-corrected chi connectivity index (χ1v) is 6.03. The summed E-state index contributed by atoms with van der Waals surface area (Å²) in [5.74, 6) is -1.62. The molecule has 1 unspecified atom stereocenters. The zero-order valence-electron chi connectivity index (χ0n) is 10.4. The molecule has 1 aliphatic rings. The number of likely N-dealkylation sites (tertiary alicyclic amines) is 1. The Morgan fingerprint density at radius 2 is 1.94 bits per heavy atom. The fraction of sp³-hybridized carbons (Fsp3) is 0.727. The van der Waals surface area contributed by atoms with Gasteiger partial charge in [-0.3, -0.25) is 9.59 Å². The van der Waals surface area contributed by atoms with E-state index in [2.05, 4.69) is 10.6 Å². The smallest absolute Gasteiger partial charge is 0.322 e. The predicted molar refractivity (Wildman–Crippen MR) is 64.1 cm³/mol. The second-order valence-electron chi connectivity index (χ2n) is 4.37. The van der Waals surface area contributed by atoms with Crippen molar-refractivity contribution in [2.24, 2.45) is 0 Å². The number of nitrogens with one attached hydrogen (secondary N) is 2. The lowest BCUT2D eigenvalue weighted by atomic mass is 10.0. The molecule has 0 aliphatic carbocycles. The van der Waals surface area contributed by atoms with E-state index in [0.29, 0.717) is 6.54 Å². The van der Waals surface area contributed by atoms with Crippen molar-refractivity contribution in [2.45, 2.75) is 32.2 Å². The van der Waals surface area contributed by atoms with Gasteiger partial charge in [0.25, 0.3) is 0 Å². The molecule has 3 N–H and O–H groups in total. The fourth-order valence-electron chi connectivity index (χ4n) is 1.89. The van der Waals surface area contributed by atoms with Crippen LogP contribution in [0.2, 0.25) is 0 Å². The van der Waals surface area contributed by atoms with Gasteiger partial charge in [0, 0.05) is 12.6 Å². The quantitative estimate of drug-likeness (QED) is 0.648. The highest BCUT2D eigenvalue weighted by atomic mass is 16.4. The second-order valence-corrected chi connectivity index (χ2v) is 4.37. The molecular formula is C11H19N3O4. The highest BCUT2D eigenvalue weighted by molar-refractivity contribution is 5.86. The van der Waals surface area contributed by atoms with Gasteiger partial charge in [-0.1, -0.05) is 0 Å². The van der Waals surface area contributed by atoms with Crippen LogP contribution in [-0.2, 0) is 9.59 Å². The fourth-order valence-corrected chi connectivity index (χ4v) is 1.89. The lowest BCUT2D eigenvalue weighted by molar-refractivity contribution is -0.137. The molecular weight excluding hydrogens is 238 g/mol. The number of urea groups is 1. The van der Waals surface area contributed by atoms with Gasteiger partial charge in [-0.15, -0.1) is 0 Å². The van der Waals surface area contributed by atoms with Gasteiger partial charge in [0.1, 0.15) is 6.54 Å². The molecule has 1 aliphatic heterocycles. The molecule has 1 rings (SSSR count). The number of nitrogens with zero attached hydrogens (tertiary/aromatic N) is 1. The van der Waals surface area contributed by atoms with Gasteiger partial charge in [0.05, 0.1) is 6.54 Å². The van der Waals surface area contributed by atoms with Crippen molar-refractivity contribution in [3.63, 3.8) is 0 Å². The summed E-state index contributed by atoms with van der Waals surface area (Å²) in [6, 6.07) is -0.0893. The van der Waals surface area contributed by atoms with E-state index >= 15 is 0 Å². The first kappa shape index (κ1) is 14.3. The topological polar surface area (TPSA) is 98.7 Å². The number of carboxylic acids is 1. The number of carbonyl (C=O) groups excluding carboxylic acids is 2. The highest BCUT2D eigenvalue weighted by Gasteiger charge is 2.23. The van der Waals surface area contributed by atoms with Gasteiger partial charge in [-0.25, -0.2) is 4.79 Å². The van der Waals surface area contributed by atoms with Crippen LogP contribution in [0.4, 0.5) is 4.79 Å². The zero-order valence-corrected chi connectivity index (χ0v) is 10.4. The van der Waals surface area contributed by atoms with Crippen molar-refractivity contribution in [1.29, 1.82) is 0 Å². The van der Waals surface area contributed by atoms with E-state index in [4.69, 9.17) is 5.11 Å². The van der Waals surface area contributed by atoms with Gasteiger partial charge in [-0.2, -0.15) is 0 Å². The monoisotopic (exact) mass is 257 g/mol. The van der Waals surface area contributed by atoms with Crippen LogP contribution in [-0.4, -0.2) is 53.6 Å². The average Bonchev–Trinajstić information content (AvgIpc) is 2.34. The van der Waals surface area contributed by atoms with E-state index in [9.17, 15) is 14.4 Å². The number of hydrogen-bond acceptors (Lipinski definition) is 3. The molecule has 3 amide bonds. The highest BCUT2D eigenvalue weighted by Crippen LogP contribution is 2.15. The van der Waals surface area contributed by atoms with Crippen molar-refractivity contribution >= 4 is 17.9 Å². The largest absolute Gasteiger partial charge is 0.480 e. The summed E-state index contributed by atoms with van der Waals surface area (Å²) >= 11 is 0. The standard InChI is InChI=1S/C11H19N3O4/c1-8-4-2-3-5-14(8)11(18)13-6-9(15)12-7-10(16)17/h8H,2-7H2,1H3,(H,12,15)(H,13,18)(H,16,17). The molecule has 0 aromatic carbocycles. The molecule has 0 spiro atoms. The van der Waals surface area contributed by atoms with Gasteiger partial charge in [-0.05, 0) is 26.2 Å². The first-order valence-electron chi connectivity index (χ1n) is 6.03. The van der Waals surface area contributed by atoms with E-state index in [1.54, 1.807) is 4.90 Å². The Morgan fingerprint density at radius 1 is 1.22 bits per heavy atom. The molecule has 0 bridgehead atoms. The van der Waals surface area contributed by atoms with Crippen molar-refractivity contribution in [3.05, 3.63) is 0 Å². The Balaban J connectivity index is 2.27. The molecule has 0 aromatic heterocycles. The van der Waals surface area contributed by atoms with E-state index in [1.165, 1.54) is 0 Å². The van der Waals surface area contributed by atoms with Gasteiger partial charge >= 0.3 is 12.0 Å². The summed E-state index contributed by atoms with van der Waals surface area (Å²) < 4.78 is 0. The van der Waals surface area contributed by atoms with Gasteiger partial charge < -0.3 is 20.6 Å². The number of aliphatic carboxylic acids is 1. The minimum atomic E-state index is -1.11. The first-order chi connectivity index (χ1) is 8.50. The third-order valence-electron chi connectivity index (χ3n) is 2.90. The Labute approximate surface area is 106 Å². The molecule has 1 atom stereocenters. The van der Waals surface area contributed by atoms with Crippen LogP contribution in [0.1, 0.15) is 26.2 Å². The number of rotatable bonds is 4. The Hall–Kier alpha value is -1.79. The van der Waals surface area contributed by atoms with Crippen molar-refractivity contribution < 1.29 is 19.5 Å². The molecule has 0 saturated carbocycles. The van der Waals surface area contributed by atoms with Gasteiger partial charge in [0.2, 0.25) is 5.91 Å². The molecule has 1 heterocycles. The zero-order chi connectivity index (χ0) is 13.5. The van der Waals surface area contributed by atoms with Crippen molar-refractivity contribution in [2.75, 3.05) is 19.6 Å². The van der Waals surface area contributed by atoms with Crippen LogP contribution < -0.4 is 10.6 Å². The number of carbonyl (C=O) groups is 3. The minimum Gasteiger partial charge on any atom is -0.480 e. The SMILES string of the molecule is CC1CCCCN1C(=O)NCC(=O)NCC(=O)O. The summed E-state index contributed by atoms with van der Waals surface area (Å²) in [5, 5.41) is 13.0. The molecule has 102 valence electrons. The molecule has 0 radical (unpaired) electrons. The molecule has 0 aromatic rings. The third kappa shape index (κ3) is 4.60. The van der Waals surface area contributed by atoms with E-state index in [0.717, 1.165) is 19.3 Å². The van der Waals surface area contributed by atoms with Crippen LogP contribution in [0.5, 0.6) is 0 Å². The number of piperidine rings is 1. The maximum Gasteiger partial charge on any atom is 0.322 e.